The summed E-state index contributed by atoms with van der Waals surface area (Å²) in [7, 11) is 0. The first kappa shape index (κ1) is 31.1. The molecule has 1 aliphatic heterocycles. The minimum absolute atomic E-state index is 0.0282. The summed E-state index contributed by atoms with van der Waals surface area (Å²) in [5, 5.41) is 2.38. The maximum atomic E-state index is 14.5. The number of amides is 1. The summed E-state index contributed by atoms with van der Waals surface area (Å²) in [4.78, 5) is 23.3. The van der Waals surface area contributed by atoms with Gasteiger partial charge in [-0.3, -0.25) is 25.4 Å². The van der Waals surface area contributed by atoms with Gasteiger partial charge < -0.3 is 10.1 Å². The first-order valence-electron chi connectivity index (χ1n) is 13.0. The summed E-state index contributed by atoms with van der Waals surface area (Å²) < 4.78 is 62.9. The summed E-state index contributed by atoms with van der Waals surface area (Å²) in [5.74, 6) is -0.800. The molecule has 7 nitrogen and oxygen atoms in total. The highest BCUT2D eigenvalue weighted by atomic mass is 35.5. The van der Waals surface area contributed by atoms with Crippen LogP contribution in [0.3, 0.4) is 0 Å². The first-order chi connectivity index (χ1) is 21.1. The standard InChI is InChI=1S/C31H23Cl2F4N3O4/c32-25-16-19(17-26(33)28(25)34)30(31(35,36)37)18-27(40-44-30)23-10-11-24(22-9-5-4-8-21(22)23)29(41)38-12-13-39-43-15-14-42-20-6-2-1-3-7-20/h1-13,16-18,39-40H,14-15H2,(H,38,41). The highest BCUT2D eigenvalue weighted by Gasteiger charge is 2.60. The van der Waals surface area contributed by atoms with Crippen LogP contribution in [0, 0.1) is 5.82 Å². The lowest BCUT2D eigenvalue weighted by molar-refractivity contribution is -0.269. The second kappa shape index (κ2) is 13.1. The molecule has 0 bridgehead atoms. The number of nitrogens with one attached hydrogen (secondary N) is 3. The number of alkyl halides is 3. The Hall–Kier alpha value is -4.29. The van der Waals surface area contributed by atoms with Crippen molar-refractivity contribution in [2.75, 3.05) is 13.2 Å². The molecule has 5 rings (SSSR count). The van der Waals surface area contributed by atoms with Gasteiger partial charge in [0.2, 0.25) is 5.60 Å². The molecule has 1 unspecified atom stereocenters. The molecule has 0 saturated carbocycles. The fourth-order valence-electron chi connectivity index (χ4n) is 4.53. The van der Waals surface area contributed by atoms with Crippen LogP contribution in [0.25, 0.3) is 16.5 Å². The molecule has 13 heteroatoms. The molecule has 1 amide bonds. The topological polar surface area (TPSA) is 80.9 Å². The van der Waals surface area contributed by atoms with Gasteiger partial charge in [-0.05, 0) is 47.2 Å². The Kier molecular flexibility index (Phi) is 9.31. The zero-order valence-corrected chi connectivity index (χ0v) is 24.1. The molecule has 44 heavy (non-hydrogen) atoms. The molecule has 4 aromatic carbocycles. The molecule has 4 aromatic rings. The van der Waals surface area contributed by atoms with Gasteiger partial charge in [0.25, 0.3) is 5.91 Å². The second-order valence-corrected chi connectivity index (χ2v) is 10.2. The van der Waals surface area contributed by atoms with Crippen molar-refractivity contribution in [1.82, 2.24) is 16.3 Å². The summed E-state index contributed by atoms with van der Waals surface area (Å²) in [5.41, 5.74) is 1.95. The molecule has 0 fully saturated rings. The Balaban J connectivity index is 1.32. The van der Waals surface area contributed by atoms with Crippen molar-refractivity contribution >= 4 is 45.6 Å². The number of hydrogen-bond donors (Lipinski definition) is 3. The van der Waals surface area contributed by atoms with E-state index in [-0.39, 0.29) is 17.9 Å². The highest BCUT2D eigenvalue weighted by Crippen LogP contribution is 2.49. The molecule has 1 aliphatic rings. The van der Waals surface area contributed by atoms with Crippen molar-refractivity contribution in [3.05, 3.63) is 130 Å². The Bertz CT molecular complexity index is 1710. The highest BCUT2D eigenvalue weighted by molar-refractivity contribution is 6.35. The summed E-state index contributed by atoms with van der Waals surface area (Å²) in [6.07, 6.45) is -1.44. The van der Waals surface area contributed by atoms with E-state index in [1.165, 1.54) is 24.5 Å². The van der Waals surface area contributed by atoms with E-state index >= 15 is 0 Å². The predicted octanol–water partition coefficient (Wildman–Crippen LogP) is 7.42. The molecule has 0 aliphatic carbocycles. The number of rotatable bonds is 10. The number of para-hydroxylation sites is 1. The second-order valence-electron chi connectivity index (χ2n) is 9.39. The van der Waals surface area contributed by atoms with Gasteiger partial charge in [0.05, 0.1) is 15.7 Å². The van der Waals surface area contributed by atoms with Gasteiger partial charge in [-0.2, -0.15) is 13.2 Å². The number of benzene rings is 4. The van der Waals surface area contributed by atoms with Crippen molar-refractivity contribution in [2.45, 2.75) is 11.8 Å². The normalized spacial score (nSPS) is 16.5. The van der Waals surface area contributed by atoms with E-state index < -0.39 is 39.1 Å². The van der Waals surface area contributed by atoms with Gasteiger partial charge in [-0.25, -0.2) is 4.39 Å². The van der Waals surface area contributed by atoms with Gasteiger partial charge in [0.1, 0.15) is 19.0 Å². The van der Waals surface area contributed by atoms with Crippen molar-refractivity contribution in [3.8, 4) is 5.75 Å². The maximum absolute atomic E-state index is 14.5. The Morgan fingerprint density at radius 3 is 2.32 bits per heavy atom. The first-order valence-corrected chi connectivity index (χ1v) is 13.8. The van der Waals surface area contributed by atoms with Gasteiger partial charge in [-0.15, -0.1) is 0 Å². The zero-order valence-electron chi connectivity index (χ0n) is 22.6. The Morgan fingerprint density at radius 2 is 1.61 bits per heavy atom. The molecule has 228 valence electrons. The molecule has 1 atom stereocenters. The number of carbonyl (C=O) groups is 1. The van der Waals surface area contributed by atoms with E-state index in [1.807, 2.05) is 30.3 Å². The average molecular weight is 648 g/mol. The van der Waals surface area contributed by atoms with Gasteiger partial charge in [0, 0.05) is 29.1 Å². The van der Waals surface area contributed by atoms with Crippen LogP contribution in [-0.2, 0) is 15.3 Å². The molecular weight excluding hydrogens is 625 g/mol. The van der Waals surface area contributed by atoms with Crippen LogP contribution < -0.4 is 21.0 Å². The summed E-state index contributed by atoms with van der Waals surface area (Å²) in [6, 6.07) is 20.5. The van der Waals surface area contributed by atoms with E-state index in [4.69, 9.17) is 37.6 Å². The lowest BCUT2D eigenvalue weighted by atomic mass is 9.90. The van der Waals surface area contributed by atoms with E-state index in [0.29, 0.717) is 28.7 Å². The number of fused-ring (bicyclic) bond motifs is 1. The van der Waals surface area contributed by atoms with Gasteiger partial charge in [0.15, 0.2) is 5.82 Å². The Labute approximate surface area is 258 Å². The maximum Gasteiger partial charge on any atom is 0.428 e. The molecule has 0 saturated heterocycles. The summed E-state index contributed by atoms with van der Waals surface area (Å²) >= 11 is 11.6. The third kappa shape index (κ3) is 6.46. The van der Waals surface area contributed by atoms with E-state index in [9.17, 15) is 22.4 Å². The third-order valence-electron chi connectivity index (χ3n) is 6.61. The molecular formula is C31H23Cl2F4N3O4. The minimum Gasteiger partial charge on any atom is -0.491 e. The van der Waals surface area contributed by atoms with Gasteiger partial charge in [-0.1, -0.05) is 71.7 Å². The van der Waals surface area contributed by atoms with Gasteiger partial charge >= 0.3 is 6.18 Å². The number of ether oxygens (including phenoxy) is 1. The molecule has 0 radical (unpaired) electrons. The molecule has 0 aromatic heterocycles. The molecule has 0 spiro atoms. The SMILES string of the molecule is O=C(NC=CNOCCOc1ccccc1)c1ccc(C2=CC(c3cc(Cl)c(F)c(Cl)c3)(C(F)(F)F)ON2)c2ccccc12. The van der Waals surface area contributed by atoms with Crippen molar-refractivity contribution < 1.29 is 36.8 Å². The number of hydrogen-bond acceptors (Lipinski definition) is 6. The molecule has 1 heterocycles. The number of halogens is 6. The fraction of sp³-hybridized carbons (Fsp3) is 0.129. The zero-order chi connectivity index (χ0) is 31.3. The van der Waals surface area contributed by atoms with Crippen LogP contribution in [0.15, 0.2) is 97.3 Å². The monoisotopic (exact) mass is 647 g/mol. The number of carbonyl (C=O) groups excluding carboxylic acids is 1. The van der Waals surface area contributed by atoms with Crippen LogP contribution >= 0.6 is 23.2 Å². The van der Waals surface area contributed by atoms with E-state index in [2.05, 4.69) is 16.3 Å². The third-order valence-corrected chi connectivity index (χ3v) is 7.16. The predicted molar refractivity (Wildman–Crippen MR) is 158 cm³/mol. The Morgan fingerprint density at radius 1 is 0.932 bits per heavy atom. The van der Waals surface area contributed by atoms with Crippen molar-refractivity contribution in [1.29, 1.82) is 0 Å². The fourth-order valence-corrected chi connectivity index (χ4v) is 5.02. The van der Waals surface area contributed by atoms with Crippen molar-refractivity contribution in [3.63, 3.8) is 0 Å². The molecule has 3 N–H and O–H groups in total. The van der Waals surface area contributed by atoms with Crippen LogP contribution in [-0.4, -0.2) is 25.3 Å². The van der Waals surface area contributed by atoms with E-state index in [0.717, 1.165) is 18.2 Å². The lowest BCUT2D eigenvalue weighted by Gasteiger charge is -2.28. The quantitative estimate of drug-likeness (QED) is 0.0719. The number of hydroxylamine groups is 2. The average Bonchev–Trinajstić information content (AvgIpc) is 3.48. The van der Waals surface area contributed by atoms with Crippen LogP contribution in [0.2, 0.25) is 10.0 Å². The van der Waals surface area contributed by atoms with Crippen LogP contribution in [0.5, 0.6) is 5.75 Å². The van der Waals surface area contributed by atoms with Crippen LogP contribution in [0.4, 0.5) is 17.6 Å². The summed E-state index contributed by atoms with van der Waals surface area (Å²) in [6.45, 7) is 0.547. The lowest BCUT2D eigenvalue weighted by Crippen LogP contribution is -2.42. The van der Waals surface area contributed by atoms with Crippen LogP contribution in [0.1, 0.15) is 21.5 Å². The van der Waals surface area contributed by atoms with Crippen molar-refractivity contribution in [2.24, 2.45) is 0 Å². The minimum atomic E-state index is -4.99. The smallest absolute Gasteiger partial charge is 0.428 e. The largest absolute Gasteiger partial charge is 0.491 e. The van der Waals surface area contributed by atoms with E-state index in [1.54, 1.807) is 24.3 Å².